The topological polar surface area (TPSA) is 85.9 Å². The van der Waals surface area contributed by atoms with Gasteiger partial charge < -0.3 is 15.2 Å². The first-order chi connectivity index (χ1) is 12.0. The number of anilines is 1. The van der Waals surface area contributed by atoms with E-state index in [-0.39, 0.29) is 36.7 Å². The highest BCUT2D eigenvalue weighted by Gasteiger charge is 2.45. The Morgan fingerprint density at radius 3 is 2.73 bits per heavy atom. The summed E-state index contributed by atoms with van der Waals surface area (Å²) in [5.74, 6) is -1.03. The molecule has 1 aliphatic heterocycles. The second-order valence-electron chi connectivity index (χ2n) is 6.95. The molecule has 0 fully saturated rings. The number of aliphatic imine (C=N–C) groups is 1. The van der Waals surface area contributed by atoms with Crippen LogP contribution in [0.5, 0.6) is 0 Å². The Kier molecular flexibility index (Phi) is 5.80. The number of nitrogen functional groups attached to an aromatic ring is 1. The van der Waals surface area contributed by atoms with Crippen LogP contribution in [0, 0.1) is 5.82 Å². The van der Waals surface area contributed by atoms with Gasteiger partial charge in [-0.2, -0.15) is 0 Å². The first kappa shape index (κ1) is 20.0. The summed E-state index contributed by atoms with van der Waals surface area (Å²) in [7, 11) is 0. The number of nitrogens with one attached hydrogen (secondary N) is 1. The molecule has 0 spiro atoms. The van der Waals surface area contributed by atoms with Crippen LogP contribution >= 0.6 is 0 Å². The number of amides is 1. The van der Waals surface area contributed by atoms with Crippen molar-refractivity contribution >= 4 is 17.6 Å². The fourth-order valence-corrected chi connectivity index (χ4v) is 2.56. The Morgan fingerprint density at radius 2 is 2.12 bits per heavy atom. The van der Waals surface area contributed by atoms with Crippen LogP contribution in [0.4, 0.5) is 23.7 Å². The van der Waals surface area contributed by atoms with Gasteiger partial charge in [0.2, 0.25) is 0 Å². The van der Waals surface area contributed by atoms with E-state index >= 15 is 0 Å². The van der Waals surface area contributed by atoms with Gasteiger partial charge in [-0.1, -0.05) is 0 Å². The summed E-state index contributed by atoms with van der Waals surface area (Å²) in [5.41, 5.74) is 2.41. The molecule has 0 saturated carbocycles. The first-order valence-electron chi connectivity index (χ1n) is 8.03. The molecule has 0 aliphatic carbocycles. The molecule has 1 amide bonds. The SMILES string of the molecule is CC(C)(C)OC(=O)NC1=NC(c2cc(N)ccc2F)(C(F)F)CCOC1. The molecule has 0 aromatic heterocycles. The highest BCUT2D eigenvalue weighted by molar-refractivity contribution is 5.96. The second kappa shape index (κ2) is 7.53. The van der Waals surface area contributed by atoms with Crippen molar-refractivity contribution in [1.29, 1.82) is 0 Å². The summed E-state index contributed by atoms with van der Waals surface area (Å²) in [6, 6.07) is 3.41. The number of alkyl carbamates (subject to hydrolysis) is 1. The Labute approximate surface area is 149 Å². The van der Waals surface area contributed by atoms with Crippen LogP contribution in [0.15, 0.2) is 23.2 Å². The number of rotatable bonds is 2. The van der Waals surface area contributed by atoms with Crippen molar-refractivity contribution in [2.24, 2.45) is 4.99 Å². The highest BCUT2D eigenvalue weighted by Crippen LogP contribution is 2.39. The average Bonchev–Trinajstić information content (AvgIpc) is 2.71. The minimum atomic E-state index is -3.05. The zero-order valence-electron chi connectivity index (χ0n) is 14.8. The van der Waals surface area contributed by atoms with Crippen LogP contribution in [0.1, 0.15) is 32.8 Å². The molecule has 0 saturated heterocycles. The molecule has 1 aromatic carbocycles. The first-order valence-corrected chi connectivity index (χ1v) is 8.03. The standard InChI is InChI=1S/C17H22F3N3O3/c1-16(2,3)26-15(24)22-13-9-25-7-6-17(23-13,14(19)20)11-8-10(21)4-5-12(11)18/h4-5,8,14H,6-7,9,21H2,1-3H3,(H,22,23,24). The molecule has 1 heterocycles. The maximum atomic E-state index is 14.3. The molecule has 0 bridgehead atoms. The van der Waals surface area contributed by atoms with Crippen LogP contribution in [0.2, 0.25) is 0 Å². The van der Waals surface area contributed by atoms with Gasteiger partial charge in [-0.25, -0.2) is 18.0 Å². The molecule has 144 valence electrons. The zero-order chi connectivity index (χ0) is 19.5. The monoisotopic (exact) mass is 373 g/mol. The number of nitrogens with two attached hydrogens (primary N) is 1. The number of hydrogen-bond acceptors (Lipinski definition) is 5. The van der Waals surface area contributed by atoms with Crippen molar-refractivity contribution in [2.45, 2.75) is 44.8 Å². The van der Waals surface area contributed by atoms with Crippen LogP contribution in [0.25, 0.3) is 0 Å². The molecule has 2 rings (SSSR count). The third-order valence-corrected chi connectivity index (χ3v) is 3.66. The van der Waals surface area contributed by atoms with Gasteiger partial charge in [0.15, 0.2) is 5.54 Å². The summed E-state index contributed by atoms with van der Waals surface area (Å²) in [5, 5.41) is 2.31. The van der Waals surface area contributed by atoms with Gasteiger partial charge in [0.1, 0.15) is 23.9 Å². The van der Waals surface area contributed by atoms with Crippen LogP contribution < -0.4 is 11.1 Å². The Hall–Kier alpha value is -2.29. The quantitative estimate of drug-likeness (QED) is 0.780. The molecule has 9 heteroatoms. The van der Waals surface area contributed by atoms with Crippen molar-refractivity contribution in [3.63, 3.8) is 0 Å². The molecule has 6 nitrogen and oxygen atoms in total. The lowest BCUT2D eigenvalue weighted by Gasteiger charge is -2.29. The lowest BCUT2D eigenvalue weighted by Crippen LogP contribution is -2.41. The number of hydrogen-bond donors (Lipinski definition) is 2. The molecular weight excluding hydrogens is 351 g/mol. The Bertz CT molecular complexity index is 704. The number of benzene rings is 1. The number of nitrogens with zero attached hydrogens (tertiary/aromatic N) is 1. The third-order valence-electron chi connectivity index (χ3n) is 3.66. The van der Waals surface area contributed by atoms with E-state index in [0.29, 0.717) is 0 Å². The van der Waals surface area contributed by atoms with Crippen molar-refractivity contribution < 1.29 is 27.4 Å². The third kappa shape index (κ3) is 4.66. The fraction of sp³-hybridized carbons (Fsp3) is 0.529. The van der Waals surface area contributed by atoms with E-state index in [4.69, 9.17) is 15.2 Å². The largest absolute Gasteiger partial charge is 0.444 e. The maximum Gasteiger partial charge on any atom is 0.413 e. The highest BCUT2D eigenvalue weighted by atomic mass is 19.3. The molecule has 1 atom stereocenters. The van der Waals surface area contributed by atoms with Gasteiger partial charge in [-0.3, -0.25) is 10.3 Å². The predicted octanol–water partition coefficient (Wildman–Crippen LogP) is 3.21. The van der Waals surface area contributed by atoms with Crippen LogP contribution in [0.3, 0.4) is 0 Å². The molecule has 1 aromatic rings. The molecule has 1 aliphatic rings. The van der Waals surface area contributed by atoms with Crippen molar-refractivity contribution in [3.05, 3.63) is 29.6 Å². The van der Waals surface area contributed by atoms with Crippen LogP contribution in [-0.2, 0) is 15.0 Å². The Balaban J connectivity index is 2.44. The number of carbonyl (C=O) groups is 1. The smallest absolute Gasteiger partial charge is 0.413 e. The van der Waals surface area contributed by atoms with E-state index in [1.165, 1.54) is 6.07 Å². The Morgan fingerprint density at radius 1 is 1.42 bits per heavy atom. The summed E-state index contributed by atoms with van der Waals surface area (Å²) in [6.07, 6.45) is -4.18. The van der Waals surface area contributed by atoms with Gasteiger partial charge in [0.05, 0.1) is 6.61 Å². The van der Waals surface area contributed by atoms with Gasteiger partial charge in [0.25, 0.3) is 6.43 Å². The number of ether oxygens (including phenoxy) is 2. The van der Waals surface area contributed by atoms with Crippen molar-refractivity contribution in [1.82, 2.24) is 5.32 Å². The van der Waals surface area contributed by atoms with Gasteiger partial charge in [-0.15, -0.1) is 0 Å². The van der Waals surface area contributed by atoms with Crippen molar-refractivity contribution in [2.75, 3.05) is 18.9 Å². The van der Waals surface area contributed by atoms with E-state index in [0.717, 1.165) is 12.1 Å². The number of halogens is 3. The lowest BCUT2D eigenvalue weighted by atomic mass is 9.87. The van der Waals surface area contributed by atoms with Crippen LogP contribution in [-0.4, -0.2) is 37.2 Å². The number of amidine groups is 1. The minimum absolute atomic E-state index is 0.0957. The van der Waals surface area contributed by atoms with E-state index in [9.17, 15) is 18.0 Å². The summed E-state index contributed by atoms with van der Waals surface area (Å²) < 4.78 is 52.7. The molecule has 0 radical (unpaired) electrons. The van der Waals surface area contributed by atoms with Gasteiger partial charge >= 0.3 is 6.09 Å². The summed E-state index contributed by atoms with van der Waals surface area (Å²) in [6.45, 7) is 4.66. The number of alkyl halides is 2. The fourth-order valence-electron chi connectivity index (χ4n) is 2.56. The lowest BCUT2D eigenvalue weighted by molar-refractivity contribution is 0.0330. The molecular formula is C17H22F3N3O3. The average molecular weight is 373 g/mol. The van der Waals surface area contributed by atoms with Gasteiger partial charge in [-0.05, 0) is 39.0 Å². The zero-order valence-corrected chi connectivity index (χ0v) is 14.8. The van der Waals surface area contributed by atoms with E-state index in [1.54, 1.807) is 20.8 Å². The predicted molar refractivity (Wildman–Crippen MR) is 90.7 cm³/mol. The van der Waals surface area contributed by atoms with E-state index in [2.05, 4.69) is 10.3 Å². The minimum Gasteiger partial charge on any atom is -0.444 e. The maximum absolute atomic E-state index is 14.3. The molecule has 3 N–H and O–H groups in total. The normalized spacial score (nSPS) is 21.1. The molecule has 1 unspecified atom stereocenters. The van der Waals surface area contributed by atoms with E-state index < -0.39 is 29.5 Å². The second-order valence-corrected chi connectivity index (χ2v) is 6.95. The van der Waals surface area contributed by atoms with Crippen molar-refractivity contribution in [3.8, 4) is 0 Å². The van der Waals surface area contributed by atoms with Gasteiger partial charge in [0, 0.05) is 17.7 Å². The molecule has 26 heavy (non-hydrogen) atoms. The van der Waals surface area contributed by atoms with E-state index in [1.807, 2.05) is 0 Å². The summed E-state index contributed by atoms with van der Waals surface area (Å²) >= 11 is 0. The summed E-state index contributed by atoms with van der Waals surface area (Å²) in [4.78, 5) is 15.9. The number of carbonyl (C=O) groups excluding carboxylic acids is 1.